The summed E-state index contributed by atoms with van der Waals surface area (Å²) in [4.78, 5) is 11.9. The first-order valence-corrected chi connectivity index (χ1v) is 8.45. The SMILES string of the molecule is Cc1cc(C2CC2)ccc1CNC(=O)NCc1cc(C(F)(F)F)n(C)n1. The summed E-state index contributed by atoms with van der Waals surface area (Å²) < 4.78 is 38.9. The molecule has 1 fully saturated rings. The third-order valence-corrected chi connectivity index (χ3v) is 4.51. The molecule has 0 radical (unpaired) electrons. The van der Waals surface area contributed by atoms with Gasteiger partial charge in [0.15, 0.2) is 0 Å². The molecule has 0 bridgehead atoms. The van der Waals surface area contributed by atoms with Gasteiger partial charge in [-0.1, -0.05) is 18.2 Å². The van der Waals surface area contributed by atoms with Gasteiger partial charge in [0, 0.05) is 13.6 Å². The highest BCUT2D eigenvalue weighted by atomic mass is 19.4. The number of halogens is 3. The minimum atomic E-state index is -4.47. The largest absolute Gasteiger partial charge is 0.433 e. The summed E-state index contributed by atoms with van der Waals surface area (Å²) in [6.07, 6.45) is -1.99. The van der Waals surface area contributed by atoms with Crippen molar-refractivity contribution in [2.75, 3.05) is 0 Å². The molecular weight excluding hydrogens is 345 g/mol. The predicted octanol–water partition coefficient (Wildman–Crippen LogP) is 3.62. The number of urea groups is 1. The molecule has 3 rings (SSSR count). The molecular formula is C18H21F3N4O. The molecule has 1 heterocycles. The van der Waals surface area contributed by atoms with Gasteiger partial charge in [-0.3, -0.25) is 4.68 Å². The zero-order valence-electron chi connectivity index (χ0n) is 14.7. The third kappa shape index (κ3) is 4.36. The number of hydrogen-bond acceptors (Lipinski definition) is 2. The quantitative estimate of drug-likeness (QED) is 0.849. The van der Waals surface area contributed by atoms with Crippen LogP contribution in [-0.4, -0.2) is 15.8 Å². The molecule has 0 saturated heterocycles. The van der Waals surface area contributed by atoms with Gasteiger partial charge in [-0.05, 0) is 48.4 Å². The van der Waals surface area contributed by atoms with Gasteiger partial charge in [0.2, 0.25) is 0 Å². The molecule has 26 heavy (non-hydrogen) atoms. The normalized spacial score (nSPS) is 14.3. The number of benzene rings is 1. The maximum atomic E-state index is 12.7. The first-order valence-electron chi connectivity index (χ1n) is 8.45. The monoisotopic (exact) mass is 366 g/mol. The summed E-state index contributed by atoms with van der Waals surface area (Å²) in [7, 11) is 1.22. The van der Waals surface area contributed by atoms with Crippen molar-refractivity contribution >= 4 is 6.03 Å². The van der Waals surface area contributed by atoms with Crippen molar-refractivity contribution in [3.05, 3.63) is 52.3 Å². The van der Waals surface area contributed by atoms with Crippen molar-refractivity contribution in [3.63, 3.8) is 0 Å². The van der Waals surface area contributed by atoms with Crippen LogP contribution < -0.4 is 10.6 Å². The lowest BCUT2D eigenvalue weighted by Gasteiger charge is -2.10. The fourth-order valence-electron chi connectivity index (χ4n) is 2.88. The van der Waals surface area contributed by atoms with E-state index >= 15 is 0 Å². The average molecular weight is 366 g/mol. The molecule has 0 atom stereocenters. The van der Waals surface area contributed by atoms with Crippen LogP contribution in [-0.2, 0) is 26.3 Å². The number of aryl methyl sites for hydroxylation is 2. The second kappa shape index (κ2) is 7.01. The maximum Gasteiger partial charge on any atom is 0.433 e. The Labute approximate surface area is 149 Å². The second-order valence-electron chi connectivity index (χ2n) is 6.64. The van der Waals surface area contributed by atoms with Crippen LogP contribution >= 0.6 is 0 Å². The highest BCUT2D eigenvalue weighted by molar-refractivity contribution is 5.73. The van der Waals surface area contributed by atoms with E-state index in [9.17, 15) is 18.0 Å². The van der Waals surface area contributed by atoms with E-state index in [0.29, 0.717) is 12.5 Å². The van der Waals surface area contributed by atoms with E-state index < -0.39 is 17.9 Å². The number of nitrogens with one attached hydrogen (secondary N) is 2. The summed E-state index contributed by atoms with van der Waals surface area (Å²) in [5.74, 6) is 0.680. The Kier molecular flexibility index (Phi) is 4.93. The van der Waals surface area contributed by atoms with Crippen molar-refractivity contribution in [3.8, 4) is 0 Å². The van der Waals surface area contributed by atoms with Crippen molar-refractivity contribution in [1.82, 2.24) is 20.4 Å². The van der Waals surface area contributed by atoms with Gasteiger partial charge in [0.25, 0.3) is 0 Å². The second-order valence-corrected chi connectivity index (χ2v) is 6.64. The van der Waals surface area contributed by atoms with Crippen LogP contribution in [0.2, 0.25) is 0 Å². The Morgan fingerprint density at radius 3 is 2.50 bits per heavy atom. The number of rotatable bonds is 5. The fraction of sp³-hybridized carbons (Fsp3) is 0.444. The molecule has 1 aliphatic rings. The fourth-order valence-corrected chi connectivity index (χ4v) is 2.88. The molecule has 2 aromatic rings. The van der Waals surface area contributed by atoms with Crippen LogP contribution in [0.5, 0.6) is 0 Å². The number of carbonyl (C=O) groups is 1. The summed E-state index contributed by atoms with van der Waals surface area (Å²) in [5.41, 5.74) is 2.78. The molecule has 1 aromatic heterocycles. The van der Waals surface area contributed by atoms with Crippen molar-refractivity contribution < 1.29 is 18.0 Å². The zero-order chi connectivity index (χ0) is 18.9. The van der Waals surface area contributed by atoms with Crippen LogP contribution in [0.1, 0.15) is 46.8 Å². The van der Waals surface area contributed by atoms with Crippen LogP contribution in [0.4, 0.5) is 18.0 Å². The van der Waals surface area contributed by atoms with Crippen LogP contribution in [0.15, 0.2) is 24.3 Å². The Balaban J connectivity index is 1.50. The Morgan fingerprint density at radius 2 is 1.92 bits per heavy atom. The molecule has 1 aromatic carbocycles. The zero-order valence-corrected chi connectivity index (χ0v) is 14.7. The topological polar surface area (TPSA) is 59.0 Å². The molecule has 0 unspecified atom stereocenters. The van der Waals surface area contributed by atoms with Gasteiger partial charge in [-0.15, -0.1) is 0 Å². The number of hydrogen-bond donors (Lipinski definition) is 2. The lowest BCUT2D eigenvalue weighted by Crippen LogP contribution is -2.34. The molecule has 8 heteroatoms. The van der Waals surface area contributed by atoms with Crippen molar-refractivity contribution in [2.45, 2.75) is 44.9 Å². The summed E-state index contributed by atoms with van der Waals surface area (Å²) in [5, 5.41) is 9.01. The molecule has 2 N–H and O–H groups in total. The van der Waals surface area contributed by atoms with Crippen molar-refractivity contribution in [1.29, 1.82) is 0 Å². The Morgan fingerprint density at radius 1 is 1.23 bits per heavy atom. The van der Waals surface area contributed by atoms with Crippen LogP contribution in [0.3, 0.4) is 0 Å². The minimum absolute atomic E-state index is 0.0741. The molecule has 1 aliphatic carbocycles. The molecule has 140 valence electrons. The van der Waals surface area contributed by atoms with E-state index in [1.54, 1.807) is 0 Å². The molecule has 2 amide bonds. The van der Waals surface area contributed by atoms with E-state index in [2.05, 4.69) is 27.9 Å². The van der Waals surface area contributed by atoms with Crippen LogP contribution in [0.25, 0.3) is 0 Å². The van der Waals surface area contributed by atoms with Gasteiger partial charge in [0.05, 0.1) is 12.2 Å². The van der Waals surface area contributed by atoms with E-state index in [0.717, 1.165) is 21.9 Å². The van der Waals surface area contributed by atoms with Gasteiger partial charge >= 0.3 is 12.2 Å². The molecule has 5 nitrogen and oxygen atoms in total. The lowest BCUT2D eigenvalue weighted by atomic mass is 10.0. The molecule has 0 aliphatic heterocycles. The van der Waals surface area contributed by atoms with Crippen LogP contribution in [0, 0.1) is 6.92 Å². The van der Waals surface area contributed by atoms with E-state index in [-0.39, 0.29) is 12.2 Å². The number of nitrogens with zero attached hydrogens (tertiary/aromatic N) is 2. The summed E-state index contributed by atoms with van der Waals surface area (Å²) in [6, 6.07) is 6.74. The molecule has 0 spiro atoms. The van der Waals surface area contributed by atoms with Gasteiger partial charge in [-0.2, -0.15) is 18.3 Å². The highest BCUT2D eigenvalue weighted by Gasteiger charge is 2.34. The standard InChI is InChI=1S/C18H21F3N4O/c1-11-7-13(12-3-4-12)5-6-14(11)9-22-17(26)23-10-15-8-16(18(19,20)21)25(2)24-15/h5-8,12H,3-4,9-10H2,1-2H3,(H2,22,23,26). The highest BCUT2D eigenvalue weighted by Crippen LogP contribution is 2.40. The first kappa shape index (κ1) is 18.3. The predicted molar refractivity (Wildman–Crippen MR) is 90.4 cm³/mol. The smallest absolute Gasteiger partial charge is 0.334 e. The molecule has 1 saturated carbocycles. The Bertz CT molecular complexity index is 809. The summed E-state index contributed by atoms with van der Waals surface area (Å²) in [6.45, 7) is 2.29. The Hall–Kier alpha value is -2.51. The lowest BCUT2D eigenvalue weighted by molar-refractivity contribution is -0.143. The third-order valence-electron chi connectivity index (χ3n) is 4.51. The van der Waals surface area contributed by atoms with Gasteiger partial charge in [-0.25, -0.2) is 4.79 Å². The van der Waals surface area contributed by atoms with E-state index in [4.69, 9.17) is 0 Å². The van der Waals surface area contributed by atoms with Gasteiger partial charge < -0.3 is 10.6 Å². The van der Waals surface area contributed by atoms with Crippen molar-refractivity contribution in [2.24, 2.45) is 7.05 Å². The average Bonchev–Trinajstić information content (AvgIpc) is 3.33. The van der Waals surface area contributed by atoms with Gasteiger partial charge in [0.1, 0.15) is 5.69 Å². The number of amides is 2. The van der Waals surface area contributed by atoms with E-state index in [1.165, 1.54) is 25.5 Å². The number of aromatic nitrogens is 2. The number of alkyl halides is 3. The first-order chi connectivity index (χ1) is 12.2. The minimum Gasteiger partial charge on any atom is -0.334 e. The maximum absolute atomic E-state index is 12.7. The number of carbonyl (C=O) groups excluding carboxylic acids is 1. The van der Waals surface area contributed by atoms with E-state index in [1.807, 2.05) is 13.0 Å². The summed E-state index contributed by atoms with van der Waals surface area (Å²) >= 11 is 0.